The first-order valence-corrected chi connectivity index (χ1v) is 11.2. The summed E-state index contributed by atoms with van der Waals surface area (Å²) >= 11 is 0. The second-order valence-corrected chi connectivity index (χ2v) is 8.07. The molecule has 0 amide bonds. The smallest absolute Gasteiger partial charge is 0.0589 e. The van der Waals surface area contributed by atoms with Gasteiger partial charge in [0.1, 0.15) is 0 Å². The molecule has 0 saturated carbocycles. The molecule has 26 heavy (non-hydrogen) atoms. The average Bonchev–Trinajstić information content (AvgIpc) is 2.71. The molecule has 3 fully saturated rings. The third kappa shape index (κ3) is 7.81. The van der Waals surface area contributed by atoms with Crippen LogP contribution >= 0.6 is 0 Å². The van der Waals surface area contributed by atoms with Crippen LogP contribution in [0.4, 0.5) is 0 Å². The highest BCUT2D eigenvalue weighted by atomic mass is 16.5. The lowest BCUT2D eigenvalue weighted by molar-refractivity contribution is 0.0768. The quantitative estimate of drug-likeness (QED) is 0.743. The lowest BCUT2D eigenvalue weighted by atomic mass is 9.95. The van der Waals surface area contributed by atoms with Crippen molar-refractivity contribution in [3.05, 3.63) is 0 Å². The van der Waals surface area contributed by atoms with E-state index in [1.807, 2.05) is 13.8 Å². The third-order valence-corrected chi connectivity index (χ3v) is 6.28. The molecule has 0 bridgehead atoms. The zero-order valence-electron chi connectivity index (χ0n) is 17.7. The molecule has 0 atom stereocenters. The highest BCUT2D eigenvalue weighted by Gasteiger charge is 2.25. The summed E-state index contributed by atoms with van der Waals surface area (Å²) in [6, 6.07) is 0. The van der Waals surface area contributed by atoms with Crippen LogP contribution in [0, 0.1) is 11.8 Å². The van der Waals surface area contributed by atoms with Crippen molar-refractivity contribution in [3.8, 4) is 0 Å². The first-order chi connectivity index (χ1) is 12.8. The molecule has 5 nitrogen and oxygen atoms in total. The Morgan fingerprint density at radius 3 is 1.73 bits per heavy atom. The lowest BCUT2D eigenvalue weighted by Gasteiger charge is -2.40. The maximum atomic E-state index is 5.20. The highest BCUT2D eigenvalue weighted by Crippen LogP contribution is 2.20. The van der Waals surface area contributed by atoms with Crippen molar-refractivity contribution in [2.45, 2.75) is 39.5 Å². The van der Waals surface area contributed by atoms with E-state index in [4.69, 9.17) is 4.74 Å². The van der Waals surface area contributed by atoms with E-state index < -0.39 is 0 Å². The number of methoxy groups -OCH3 is 1. The second-order valence-electron chi connectivity index (χ2n) is 8.07. The minimum atomic E-state index is 0.879. The molecule has 0 radical (unpaired) electrons. The van der Waals surface area contributed by atoms with Gasteiger partial charge in [-0.2, -0.15) is 0 Å². The highest BCUT2D eigenvalue weighted by molar-refractivity contribution is 4.80. The van der Waals surface area contributed by atoms with E-state index in [9.17, 15) is 0 Å². The number of nitrogens with one attached hydrogen (secondary N) is 1. The van der Waals surface area contributed by atoms with Crippen molar-refractivity contribution in [1.82, 2.24) is 20.0 Å². The van der Waals surface area contributed by atoms with Gasteiger partial charge < -0.3 is 24.8 Å². The number of hydrogen-bond acceptors (Lipinski definition) is 5. The van der Waals surface area contributed by atoms with Gasteiger partial charge in [0.15, 0.2) is 0 Å². The van der Waals surface area contributed by atoms with Gasteiger partial charge in [0.2, 0.25) is 0 Å². The van der Waals surface area contributed by atoms with Gasteiger partial charge in [0.05, 0.1) is 6.61 Å². The zero-order chi connectivity index (χ0) is 18.6. The molecule has 154 valence electrons. The molecule has 3 rings (SSSR count). The van der Waals surface area contributed by atoms with E-state index in [-0.39, 0.29) is 0 Å². The van der Waals surface area contributed by atoms with Gasteiger partial charge in [-0.3, -0.25) is 0 Å². The molecular weight excluding hydrogens is 324 g/mol. The van der Waals surface area contributed by atoms with Crippen molar-refractivity contribution in [2.24, 2.45) is 11.8 Å². The molecule has 3 aliphatic heterocycles. The minimum absolute atomic E-state index is 0.879. The molecule has 3 aliphatic rings. The van der Waals surface area contributed by atoms with Gasteiger partial charge in [-0.05, 0) is 63.7 Å². The van der Waals surface area contributed by atoms with E-state index in [0.29, 0.717) is 0 Å². The molecule has 5 heteroatoms. The van der Waals surface area contributed by atoms with E-state index in [1.54, 1.807) is 7.11 Å². The first kappa shape index (κ1) is 22.1. The predicted molar refractivity (Wildman–Crippen MR) is 111 cm³/mol. The molecular formula is C21H44N4O. The summed E-state index contributed by atoms with van der Waals surface area (Å²) in [6.45, 7) is 18.8. The molecule has 0 aromatic heterocycles. The molecule has 0 aliphatic carbocycles. The average molecular weight is 369 g/mol. The Morgan fingerprint density at radius 2 is 1.23 bits per heavy atom. The fourth-order valence-corrected chi connectivity index (χ4v) is 4.56. The van der Waals surface area contributed by atoms with Crippen LogP contribution in [0.25, 0.3) is 0 Å². The molecule has 0 aromatic rings. The van der Waals surface area contributed by atoms with Gasteiger partial charge in [-0.25, -0.2) is 0 Å². The minimum Gasteiger partial charge on any atom is -0.383 e. The Kier molecular flexibility index (Phi) is 11.1. The Hall–Kier alpha value is -0.200. The van der Waals surface area contributed by atoms with E-state index >= 15 is 0 Å². The van der Waals surface area contributed by atoms with Gasteiger partial charge >= 0.3 is 0 Å². The van der Waals surface area contributed by atoms with Crippen LogP contribution < -0.4 is 5.32 Å². The number of nitrogens with zero attached hydrogens (tertiary/aromatic N) is 3. The maximum absolute atomic E-state index is 5.20. The van der Waals surface area contributed by atoms with Crippen LogP contribution in [0.5, 0.6) is 0 Å². The monoisotopic (exact) mass is 368 g/mol. The number of piperidine rings is 2. The summed E-state index contributed by atoms with van der Waals surface area (Å²) in [4.78, 5) is 8.02. The van der Waals surface area contributed by atoms with Crippen LogP contribution in [0.3, 0.4) is 0 Å². The maximum Gasteiger partial charge on any atom is 0.0589 e. The number of hydrogen-bond donors (Lipinski definition) is 1. The van der Waals surface area contributed by atoms with Crippen molar-refractivity contribution in [3.63, 3.8) is 0 Å². The van der Waals surface area contributed by atoms with Crippen LogP contribution in [0.1, 0.15) is 39.5 Å². The SMILES string of the molecule is CC.COCCN1CCC(CN2CCN(CC3CCNCC3)CC2)CC1. The number of ether oxygens (including phenoxy) is 1. The van der Waals surface area contributed by atoms with Crippen molar-refractivity contribution < 1.29 is 4.74 Å². The van der Waals surface area contributed by atoms with Gasteiger partial charge in [-0.15, -0.1) is 0 Å². The topological polar surface area (TPSA) is 31.0 Å². The third-order valence-electron chi connectivity index (χ3n) is 6.28. The van der Waals surface area contributed by atoms with Crippen molar-refractivity contribution in [2.75, 3.05) is 85.7 Å². The summed E-state index contributed by atoms with van der Waals surface area (Å²) < 4.78 is 5.20. The summed E-state index contributed by atoms with van der Waals surface area (Å²) in [5.74, 6) is 1.86. The summed E-state index contributed by atoms with van der Waals surface area (Å²) in [6.07, 6.45) is 5.50. The summed E-state index contributed by atoms with van der Waals surface area (Å²) in [5, 5.41) is 3.48. The van der Waals surface area contributed by atoms with Crippen molar-refractivity contribution >= 4 is 0 Å². The molecule has 0 spiro atoms. The fraction of sp³-hybridized carbons (Fsp3) is 1.00. The van der Waals surface area contributed by atoms with Crippen molar-refractivity contribution in [1.29, 1.82) is 0 Å². The Labute approximate surface area is 162 Å². The predicted octanol–water partition coefficient (Wildman–Crippen LogP) is 1.99. The molecule has 3 heterocycles. The van der Waals surface area contributed by atoms with Gasteiger partial charge in [0.25, 0.3) is 0 Å². The molecule has 1 N–H and O–H groups in total. The summed E-state index contributed by atoms with van der Waals surface area (Å²) in [5.41, 5.74) is 0. The normalized spacial score (nSPS) is 25.0. The molecule has 0 unspecified atom stereocenters. The Bertz CT molecular complexity index is 333. The fourth-order valence-electron chi connectivity index (χ4n) is 4.56. The summed E-state index contributed by atoms with van der Waals surface area (Å²) in [7, 11) is 1.80. The lowest BCUT2D eigenvalue weighted by Crippen LogP contribution is -2.50. The zero-order valence-corrected chi connectivity index (χ0v) is 17.7. The van der Waals surface area contributed by atoms with Gasteiger partial charge in [0, 0.05) is 52.9 Å². The number of rotatable bonds is 7. The number of likely N-dealkylation sites (tertiary alicyclic amines) is 1. The molecule has 3 saturated heterocycles. The van der Waals surface area contributed by atoms with Crippen LogP contribution in [0.2, 0.25) is 0 Å². The molecule has 0 aromatic carbocycles. The number of piperazine rings is 1. The Balaban J connectivity index is 0.00000117. The standard InChI is InChI=1S/C19H38N4O.C2H6/c1-24-15-14-21-8-4-19(5-9-21)17-23-12-10-22(11-13-23)16-18-2-6-20-7-3-18;1-2/h18-20H,2-17H2,1H3;1-2H3. The van der Waals surface area contributed by atoms with E-state index in [0.717, 1.165) is 25.0 Å². The van der Waals surface area contributed by atoms with Gasteiger partial charge in [-0.1, -0.05) is 13.8 Å². The van der Waals surface area contributed by atoms with E-state index in [1.165, 1.54) is 91.1 Å². The largest absolute Gasteiger partial charge is 0.383 e. The van der Waals surface area contributed by atoms with E-state index in [2.05, 4.69) is 20.0 Å². The van der Waals surface area contributed by atoms with Crippen LogP contribution in [-0.4, -0.2) is 100 Å². The van der Waals surface area contributed by atoms with Crippen LogP contribution in [0.15, 0.2) is 0 Å². The first-order valence-electron chi connectivity index (χ1n) is 11.2. The second kappa shape index (κ2) is 13.1. The Morgan fingerprint density at radius 1 is 0.731 bits per heavy atom. The van der Waals surface area contributed by atoms with Crippen LogP contribution in [-0.2, 0) is 4.74 Å².